The van der Waals surface area contributed by atoms with Crippen molar-refractivity contribution in [2.75, 3.05) is 0 Å². The number of para-hydroxylation sites is 1. The largest absolute Gasteiger partial charge is 0.508 e. The standard InChI is InChI=1S/C27H21BrN2O2/c1-17-24(27(32)30(29-17)21-8-3-2-4-9-21)25(19-11-14-20(28)15-12-19)26-22-10-6-5-7-18(22)13-16-23(26)31/h2-16,25,29,31H,1H3. The molecule has 0 fully saturated rings. The topological polar surface area (TPSA) is 58.0 Å². The smallest absolute Gasteiger partial charge is 0.275 e. The van der Waals surface area contributed by atoms with E-state index in [1.165, 1.54) is 0 Å². The van der Waals surface area contributed by atoms with Crippen LogP contribution in [0.3, 0.4) is 0 Å². The minimum atomic E-state index is -0.442. The number of H-pyrrole nitrogens is 1. The maximum absolute atomic E-state index is 13.7. The number of nitrogens with one attached hydrogen (secondary N) is 1. The number of nitrogens with zero attached hydrogens (tertiary/aromatic N) is 1. The van der Waals surface area contributed by atoms with Gasteiger partial charge in [-0.2, -0.15) is 0 Å². The molecule has 1 heterocycles. The molecule has 5 rings (SSSR count). The summed E-state index contributed by atoms with van der Waals surface area (Å²) in [5.41, 5.74) is 3.67. The molecular formula is C27H21BrN2O2. The predicted octanol–water partition coefficient (Wildman–Crippen LogP) is 6.28. The third kappa shape index (κ3) is 3.45. The van der Waals surface area contributed by atoms with E-state index in [0.717, 1.165) is 37.8 Å². The van der Waals surface area contributed by atoms with Crippen molar-refractivity contribution in [2.45, 2.75) is 12.8 Å². The van der Waals surface area contributed by atoms with Gasteiger partial charge >= 0.3 is 0 Å². The number of phenols is 1. The summed E-state index contributed by atoms with van der Waals surface area (Å²) in [7, 11) is 0. The van der Waals surface area contributed by atoms with Crippen molar-refractivity contribution in [3.8, 4) is 11.4 Å². The monoisotopic (exact) mass is 484 g/mol. The molecule has 0 aliphatic heterocycles. The molecule has 32 heavy (non-hydrogen) atoms. The lowest BCUT2D eigenvalue weighted by molar-refractivity contribution is 0.468. The molecule has 1 unspecified atom stereocenters. The zero-order valence-electron chi connectivity index (χ0n) is 17.4. The number of fused-ring (bicyclic) bond motifs is 1. The molecular weight excluding hydrogens is 464 g/mol. The van der Waals surface area contributed by atoms with Gasteiger partial charge in [-0.15, -0.1) is 0 Å². The predicted molar refractivity (Wildman–Crippen MR) is 132 cm³/mol. The number of aryl methyl sites for hydroxylation is 1. The van der Waals surface area contributed by atoms with Crippen LogP contribution in [-0.4, -0.2) is 14.9 Å². The van der Waals surface area contributed by atoms with E-state index in [0.29, 0.717) is 5.56 Å². The van der Waals surface area contributed by atoms with Crippen LogP contribution in [0.5, 0.6) is 5.75 Å². The van der Waals surface area contributed by atoms with E-state index in [2.05, 4.69) is 21.0 Å². The van der Waals surface area contributed by atoms with E-state index < -0.39 is 5.92 Å². The lowest BCUT2D eigenvalue weighted by atomic mass is 9.82. The Morgan fingerprint density at radius 1 is 0.844 bits per heavy atom. The highest BCUT2D eigenvalue weighted by Gasteiger charge is 2.28. The third-order valence-electron chi connectivity index (χ3n) is 5.86. The molecule has 0 aliphatic rings. The van der Waals surface area contributed by atoms with Crippen molar-refractivity contribution in [3.63, 3.8) is 0 Å². The first-order valence-electron chi connectivity index (χ1n) is 10.4. The number of rotatable bonds is 4. The third-order valence-corrected chi connectivity index (χ3v) is 6.39. The van der Waals surface area contributed by atoms with Gasteiger partial charge in [0.15, 0.2) is 0 Å². The van der Waals surface area contributed by atoms with Crippen molar-refractivity contribution >= 4 is 26.7 Å². The second-order valence-corrected chi connectivity index (χ2v) is 8.75. The zero-order valence-corrected chi connectivity index (χ0v) is 19.0. The number of aromatic amines is 1. The molecule has 0 radical (unpaired) electrons. The molecule has 0 saturated carbocycles. The molecule has 0 spiro atoms. The van der Waals surface area contributed by atoms with E-state index in [9.17, 15) is 9.90 Å². The first-order valence-corrected chi connectivity index (χ1v) is 11.2. The van der Waals surface area contributed by atoms with Gasteiger partial charge in [0, 0.05) is 21.6 Å². The fraction of sp³-hybridized carbons (Fsp3) is 0.0741. The van der Waals surface area contributed by atoms with E-state index in [1.54, 1.807) is 10.7 Å². The Balaban J connectivity index is 1.83. The van der Waals surface area contributed by atoms with Gasteiger partial charge in [0.05, 0.1) is 11.3 Å². The molecule has 1 aromatic heterocycles. The number of aromatic hydroxyl groups is 1. The molecule has 5 heteroatoms. The average Bonchev–Trinajstić information content (AvgIpc) is 3.11. The van der Waals surface area contributed by atoms with Gasteiger partial charge in [0.1, 0.15) is 5.75 Å². The first kappa shape index (κ1) is 20.3. The number of hydrogen-bond acceptors (Lipinski definition) is 2. The number of hydrogen-bond donors (Lipinski definition) is 2. The highest BCUT2D eigenvalue weighted by atomic mass is 79.9. The molecule has 0 aliphatic carbocycles. The van der Waals surface area contributed by atoms with Gasteiger partial charge in [-0.1, -0.05) is 76.6 Å². The Hall–Kier alpha value is -3.57. The Kier molecular flexibility index (Phi) is 5.19. The minimum absolute atomic E-state index is 0.131. The Labute approximate surface area is 193 Å². The molecule has 0 amide bonds. The quantitative estimate of drug-likeness (QED) is 0.315. The summed E-state index contributed by atoms with van der Waals surface area (Å²) in [6.45, 7) is 1.91. The fourth-order valence-corrected chi connectivity index (χ4v) is 4.64. The van der Waals surface area contributed by atoms with Crippen LogP contribution >= 0.6 is 15.9 Å². The van der Waals surface area contributed by atoms with Crippen LogP contribution in [0.2, 0.25) is 0 Å². The minimum Gasteiger partial charge on any atom is -0.508 e. The molecule has 5 aromatic rings. The van der Waals surface area contributed by atoms with E-state index in [1.807, 2.05) is 91.9 Å². The lowest BCUT2D eigenvalue weighted by Gasteiger charge is -2.21. The normalized spacial score (nSPS) is 12.2. The Morgan fingerprint density at radius 2 is 1.53 bits per heavy atom. The summed E-state index contributed by atoms with van der Waals surface area (Å²) in [5, 5.41) is 16.2. The summed E-state index contributed by atoms with van der Waals surface area (Å²) in [4.78, 5) is 13.7. The Bertz CT molecular complexity index is 1470. The van der Waals surface area contributed by atoms with Crippen molar-refractivity contribution in [3.05, 3.63) is 128 Å². The molecule has 4 aromatic carbocycles. The summed E-state index contributed by atoms with van der Waals surface area (Å²) in [5.74, 6) is -0.272. The second kappa shape index (κ2) is 8.17. The maximum Gasteiger partial charge on any atom is 0.275 e. The molecule has 4 nitrogen and oxygen atoms in total. The van der Waals surface area contributed by atoms with Gasteiger partial charge in [-0.05, 0) is 53.6 Å². The first-order chi connectivity index (χ1) is 15.5. The second-order valence-electron chi connectivity index (χ2n) is 7.83. The zero-order chi connectivity index (χ0) is 22.2. The molecule has 158 valence electrons. The van der Waals surface area contributed by atoms with Crippen molar-refractivity contribution in [1.29, 1.82) is 0 Å². The van der Waals surface area contributed by atoms with Gasteiger partial charge in [0.2, 0.25) is 0 Å². The van der Waals surface area contributed by atoms with Gasteiger partial charge < -0.3 is 5.11 Å². The van der Waals surface area contributed by atoms with E-state index in [-0.39, 0.29) is 11.3 Å². The van der Waals surface area contributed by atoms with E-state index in [4.69, 9.17) is 0 Å². The number of aromatic nitrogens is 2. The van der Waals surface area contributed by atoms with Crippen LogP contribution in [0.1, 0.15) is 28.3 Å². The van der Waals surface area contributed by atoms with Gasteiger partial charge in [-0.3, -0.25) is 9.89 Å². The van der Waals surface area contributed by atoms with Crippen LogP contribution in [0.4, 0.5) is 0 Å². The molecule has 2 N–H and O–H groups in total. The number of benzene rings is 4. The highest BCUT2D eigenvalue weighted by molar-refractivity contribution is 9.10. The van der Waals surface area contributed by atoms with Crippen molar-refractivity contribution < 1.29 is 5.11 Å². The van der Waals surface area contributed by atoms with Crippen molar-refractivity contribution in [2.24, 2.45) is 0 Å². The van der Waals surface area contributed by atoms with Crippen LogP contribution in [0.15, 0.2) is 100 Å². The number of halogens is 1. The lowest BCUT2D eigenvalue weighted by Crippen LogP contribution is -2.20. The Morgan fingerprint density at radius 3 is 2.28 bits per heavy atom. The fourth-order valence-electron chi connectivity index (χ4n) is 4.38. The maximum atomic E-state index is 13.7. The average molecular weight is 485 g/mol. The summed E-state index contributed by atoms with van der Waals surface area (Å²) >= 11 is 3.50. The van der Waals surface area contributed by atoms with E-state index >= 15 is 0 Å². The summed E-state index contributed by atoms with van der Waals surface area (Å²) < 4.78 is 2.52. The van der Waals surface area contributed by atoms with Crippen LogP contribution in [0, 0.1) is 6.92 Å². The SMILES string of the molecule is Cc1[nH]n(-c2ccccc2)c(=O)c1C(c1ccc(Br)cc1)c1c(O)ccc2ccccc12. The van der Waals surface area contributed by atoms with Gasteiger partial charge in [-0.25, -0.2) is 4.68 Å². The highest BCUT2D eigenvalue weighted by Crippen LogP contribution is 2.41. The molecule has 1 atom stereocenters. The molecule has 0 saturated heterocycles. The van der Waals surface area contributed by atoms with Crippen LogP contribution < -0.4 is 5.56 Å². The van der Waals surface area contributed by atoms with Crippen LogP contribution in [-0.2, 0) is 0 Å². The summed E-state index contributed by atoms with van der Waals surface area (Å²) in [6.07, 6.45) is 0. The summed E-state index contributed by atoms with van der Waals surface area (Å²) in [6, 6.07) is 29.0. The number of phenolic OH excluding ortho intramolecular Hbond substituents is 1. The molecule has 0 bridgehead atoms. The van der Waals surface area contributed by atoms with Gasteiger partial charge in [0.25, 0.3) is 5.56 Å². The van der Waals surface area contributed by atoms with Crippen molar-refractivity contribution in [1.82, 2.24) is 9.78 Å². The van der Waals surface area contributed by atoms with Crippen LogP contribution in [0.25, 0.3) is 16.5 Å².